The van der Waals surface area contributed by atoms with Gasteiger partial charge >= 0.3 is 5.97 Å². The Morgan fingerprint density at radius 3 is 2.89 bits per heavy atom. The van der Waals surface area contributed by atoms with Crippen molar-refractivity contribution in [3.63, 3.8) is 0 Å². The number of ether oxygens (including phenoxy) is 1. The number of carboxylic acids is 1. The molecule has 1 fully saturated rings. The molecule has 1 aromatic heterocycles. The maximum absolute atomic E-state index is 10.7. The first-order valence-corrected chi connectivity index (χ1v) is 7.06. The van der Waals surface area contributed by atoms with Gasteiger partial charge in [0, 0.05) is 30.0 Å². The number of hydrogen-bond acceptors (Lipinski definition) is 6. The molecule has 0 bridgehead atoms. The minimum atomic E-state index is -0.834. The first-order valence-electron chi connectivity index (χ1n) is 6.29. The van der Waals surface area contributed by atoms with Crippen molar-refractivity contribution in [2.24, 2.45) is 0 Å². The van der Waals surface area contributed by atoms with E-state index < -0.39 is 5.97 Å². The van der Waals surface area contributed by atoms with Gasteiger partial charge in [0.2, 0.25) is 5.13 Å². The molecule has 0 aliphatic carbocycles. The van der Waals surface area contributed by atoms with E-state index in [1.54, 1.807) is 0 Å². The summed E-state index contributed by atoms with van der Waals surface area (Å²) < 4.78 is 9.83. The Morgan fingerprint density at radius 1 is 1.58 bits per heavy atom. The van der Waals surface area contributed by atoms with Gasteiger partial charge in [0.25, 0.3) is 0 Å². The molecule has 1 aliphatic heterocycles. The Hall–Kier alpha value is -1.21. The third-order valence-electron chi connectivity index (χ3n) is 2.90. The fraction of sp³-hybridized carbons (Fsp3) is 0.750. The number of morpholine rings is 1. The van der Waals surface area contributed by atoms with Gasteiger partial charge in [0.05, 0.1) is 19.1 Å². The van der Waals surface area contributed by atoms with E-state index in [9.17, 15) is 4.79 Å². The molecule has 7 heteroatoms. The highest BCUT2D eigenvalue weighted by atomic mass is 32.1. The van der Waals surface area contributed by atoms with Gasteiger partial charge in [-0.05, 0) is 0 Å². The summed E-state index contributed by atoms with van der Waals surface area (Å²) in [4.78, 5) is 17.3. The van der Waals surface area contributed by atoms with E-state index in [0.717, 1.165) is 17.5 Å². The SMILES string of the molecule is CC(C)(C)c1nsc(N2CCOC(CC(=O)O)C2)n1. The first kappa shape index (κ1) is 14.2. The van der Waals surface area contributed by atoms with Crippen LogP contribution in [0.3, 0.4) is 0 Å². The maximum atomic E-state index is 10.7. The fourth-order valence-electron chi connectivity index (χ4n) is 1.86. The van der Waals surface area contributed by atoms with E-state index in [1.807, 2.05) is 0 Å². The van der Waals surface area contributed by atoms with E-state index in [0.29, 0.717) is 13.2 Å². The van der Waals surface area contributed by atoms with Crippen molar-refractivity contribution >= 4 is 22.6 Å². The molecule has 0 amide bonds. The molecule has 2 heterocycles. The number of aliphatic carboxylic acids is 1. The highest BCUT2D eigenvalue weighted by Gasteiger charge is 2.26. The Balaban J connectivity index is 2.05. The van der Waals surface area contributed by atoms with Crippen LogP contribution in [0.4, 0.5) is 5.13 Å². The summed E-state index contributed by atoms with van der Waals surface area (Å²) in [6.07, 6.45) is -0.241. The van der Waals surface area contributed by atoms with Crippen LogP contribution in [-0.2, 0) is 14.9 Å². The molecule has 1 aromatic rings. The molecule has 106 valence electrons. The maximum Gasteiger partial charge on any atom is 0.306 e. The molecular weight excluding hydrogens is 266 g/mol. The van der Waals surface area contributed by atoms with Crippen LogP contribution >= 0.6 is 11.5 Å². The quantitative estimate of drug-likeness (QED) is 0.907. The van der Waals surface area contributed by atoms with Gasteiger partial charge in [-0.15, -0.1) is 0 Å². The molecule has 0 aromatic carbocycles. The second-order valence-electron chi connectivity index (χ2n) is 5.69. The number of carbonyl (C=O) groups is 1. The molecular formula is C12H19N3O3S. The Kier molecular flexibility index (Phi) is 4.05. The van der Waals surface area contributed by atoms with Crippen LogP contribution in [0.2, 0.25) is 0 Å². The van der Waals surface area contributed by atoms with E-state index in [4.69, 9.17) is 9.84 Å². The molecule has 1 unspecified atom stereocenters. The van der Waals surface area contributed by atoms with Crippen molar-refractivity contribution in [1.82, 2.24) is 9.36 Å². The molecule has 0 radical (unpaired) electrons. The highest BCUT2D eigenvalue weighted by Crippen LogP contribution is 2.26. The van der Waals surface area contributed by atoms with Crippen molar-refractivity contribution in [3.05, 3.63) is 5.82 Å². The zero-order valence-electron chi connectivity index (χ0n) is 11.4. The largest absolute Gasteiger partial charge is 0.481 e. The molecule has 6 nitrogen and oxygen atoms in total. The van der Waals surface area contributed by atoms with Crippen molar-refractivity contribution in [2.75, 3.05) is 24.6 Å². The zero-order chi connectivity index (χ0) is 14.0. The first-order chi connectivity index (χ1) is 8.86. The van der Waals surface area contributed by atoms with Crippen LogP contribution in [0.5, 0.6) is 0 Å². The zero-order valence-corrected chi connectivity index (χ0v) is 12.2. The second kappa shape index (κ2) is 5.42. The summed E-state index contributed by atoms with van der Waals surface area (Å²) in [5.74, 6) is -0.00623. The molecule has 2 rings (SSSR count). The van der Waals surface area contributed by atoms with Crippen molar-refractivity contribution < 1.29 is 14.6 Å². The highest BCUT2D eigenvalue weighted by molar-refractivity contribution is 7.09. The number of anilines is 1. The average molecular weight is 285 g/mol. The minimum Gasteiger partial charge on any atom is -0.481 e. The topological polar surface area (TPSA) is 75.6 Å². The summed E-state index contributed by atoms with van der Waals surface area (Å²) in [6, 6.07) is 0. The number of hydrogen-bond donors (Lipinski definition) is 1. The molecule has 1 N–H and O–H groups in total. The lowest BCUT2D eigenvalue weighted by Crippen LogP contribution is -2.43. The lowest BCUT2D eigenvalue weighted by atomic mass is 9.96. The molecule has 19 heavy (non-hydrogen) atoms. The Bertz CT molecular complexity index is 455. The van der Waals surface area contributed by atoms with Crippen LogP contribution in [-0.4, -0.2) is 46.2 Å². The van der Waals surface area contributed by atoms with E-state index in [1.165, 1.54) is 11.5 Å². The van der Waals surface area contributed by atoms with Crippen LogP contribution in [0.15, 0.2) is 0 Å². The second-order valence-corrected chi connectivity index (χ2v) is 6.42. The van der Waals surface area contributed by atoms with Crippen molar-refractivity contribution in [3.8, 4) is 0 Å². The van der Waals surface area contributed by atoms with E-state index in [-0.39, 0.29) is 17.9 Å². The fourth-order valence-corrected chi connectivity index (χ4v) is 2.75. The minimum absolute atomic E-state index is 0.0292. The normalized spacial score (nSPS) is 20.6. The van der Waals surface area contributed by atoms with Crippen molar-refractivity contribution in [2.45, 2.75) is 38.7 Å². The van der Waals surface area contributed by atoms with Gasteiger partial charge in [-0.3, -0.25) is 4.79 Å². The predicted octanol–water partition coefficient (Wildman–Crippen LogP) is 1.52. The van der Waals surface area contributed by atoms with Crippen LogP contribution in [0.1, 0.15) is 33.0 Å². The van der Waals surface area contributed by atoms with Crippen LogP contribution in [0, 0.1) is 0 Å². The Labute approximate surface area is 116 Å². The van der Waals surface area contributed by atoms with Crippen molar-refractivity contribution in [1.29, 1.82) is 0 Å². The van der Waals surface area contributed by atoms with E-state index in [2.05, 4.69) is 35.0 Å². The van der Waals surface area contributed by atoms with Crippen LogP contribution in [0.25, 0.3) is 0 Å². The van der Waals surface area contributed by atoms with Gasteiger partial charge in [-0.2, -0.15) is 4.37 Å². The molecule has 1 aliphatic rings. The number of aromatic nitrogens is 2. The molecule has 0 spiro atoms. The van der Waals surface area contributed by atoms with Gasteiger partial charge in [0.1, 0.15) is 5.82 Å². The number of nitrogens with zero attached hydrogens (tertiary/aromatic N) is 3. The summed E-state index contributed by atoms with van der Waals surface area (Å²) >= 11 is 1.37. The third-order valence-corrected chi connectivity index (χ3v) is 3.67. The van der Waals surface area contributed by atoms with Gasteiger partial charge in [-0.1, -0.05) is 20.8 Å². The number of carboxylic acid groups (broad SMARTS) is 1. The molecule has 1 saturated heterocycles. The summed E-state index contributed by atoms with van der Waals surface area (Å²) in [5, 5.41) is 9.66. The standard InChI is InChI=1S/C12H19N3O3S/c1-12(2,3)10-13-11(19-14-10)15-4-5-18-8(7-15)6-9(16)17/h8H,4-7H2,1-3H3,(H,16,17). The summed E-state index contributed by atoms with van der Waals surface area (Å²) in [7, 11) is 0. The monoisotopic (exact) mass is 285 g/mol. The van der Waals surface area contributed by atoms with Crippen LogP contribution < -0.4 is 4.90 Å². The lowest BCUT2D eigenvalue weighted by Gasteiger charge is -2.31. The predicted molar refractivity (Wildman–Crippen MR) is 72.8 cm³/mol. The third kappa shape index (κ3) is 3.63. The lowest BCUT2D eigenvalue weighted by molar-refractivity contribution is -0.140. The van der Waals surface area contributed by atoms with Gasteiger partial charge < -0.3 is 14.7 Å². The van der Waals surface area contributed by atoms with E-state index >= 15 is 0 Å². The van der Waals surface area contributed by atoms with Gasteiger partial charge in [0.15, 0.2) is 0 Å². The molecule has 0 saturated carbocycles. The Morgan fingerprint density at radius 2 is 2.32 bits per heavy atom. The molecule has 1 atom stereocenters. The average Bonchev–Trinajstić information content (AvgIpc) is 2.77. The number of rotatable bonds is 3. The smallest absolute Gasteiger partial charge is 0.306 e. The van der Waals surface area contributed by atoms with Gasteiger partial charge in [-0.25, -0.2) is 4.98 Å². The summed E-state index contributed by atoms with van der Waals surface area (Å²) in [6.45, 7) is 8.05. The summed E-state index contributed by atoms with van der Waals surface area (Å²) in [5.41, 5.74) is -0.0680.